The van der Waals surface area contributed by atoms with Gasteiger partial charge in [-0.05, 0) is 50.2 Å². The molecule has 1 fully saturated rings. The van der Waals surface area contributed by atoms with Gasteiger partial charge in [0.15, 0.2) is 11.5 Å². The van der Waals surface area contributed by atoms with Crippen LogP contribution in [-0.4, -0.2) is 47.7 Å². The maximum absolute atomic E-state index is 13.0. The Morgan fingerprint density at radius 3 is 2.55 bits per heavy atom. The summed E-state index contributed by atoms with van der Waals surface area (Å²) in [6.45, 7) is 4.39. The molecule has 2 atom stereocenters. The minimum Gasteiger partial charge on any atom is -0.494 e. The number of rotatable bonds is 6. The van der Waals surface area contributed by atoms with Gasteiger partial charge in [0, 0.05) is 18.7 Å². The first-order valence-electron chi connectivity index (χ1n) is 10.1. The van der Waals surface area contributed by atoms with Crippen LogP contribution in [-0.2, 0) is 4.79 Å². The molecule has 1 aromatic heterocycles. The Morgan fingerprint density at radius 1 is 1.16 bits per heavy atom. The quantitative estimate of drug-likeness (QED) is 0.659. The van der Waals surface area contributed by atoms with E-state index in [9.17, 15) is 9.59 Å². The molecule has 1 N–H and O–H groups in total. The van der Waals surface area contributed by atoms with E-state index < -0.39 is 11.9 Å². The number of aromatic nitrogens is 1. The lowest BCUT2D eigenvalue weighted by Crippen LogP contribution is -2.45. The fourth-order valence-electron chi connectivity index (χ4n) is 3.57. The summed E-state index contributed by atoms with van der Waals surface area (Å²) in [6, 6.07) is 17.3. The van der Waals surface area contributed by atoms with Crippen LogP contribution in [0.5, 0.6) is 5.75 Å². The molecule has 2 unspecified atom stereocenters. The molecule has 0 saturated carbocycles. The molecule has 31 heavy (non-hydrogen) atoms. The number of ether oxygens (including phenoxy) is 1. The van der Waals surface area contributed by atoms with E-state index in [0.29, 0.717) is 12.4 Å². The number of hydrogen-bond acceptors (Lipinski definition) is 6. The molecule has 2 aromatic carbocycles. The zero-order valence-electron chi connectivity index (χ0n) is 17.6. The van der Waals surface area contributed by atoms with Crippen molar-refractivity contribution in [3.8, 4) is 17.1 Å². The van der Waals surface area contributed by atoms with E-state index in [2.05, 4.69) is 10.5 Å². The van der Waals surface area contributed by atoms with E-state index in [1.165, 1.54) is 0 Å². The van der Waals surface area contributed by atoms with Gasteiger partial charge in [0.1, 0.15) is 11.8 Å². The Balaban J connectivity index is 1.48. The van der Waals surface area contributed by atoms with Crippen molar-refractivity contribution in [1.29, 1.82) is 0 Å². The highest BCUT2D eigenvalue weighted by molar-refractivity contribution is 6.03. The van der Waals surface area contributed by atoms with Crippen LogP contribution in [0.3, 0.4) is 0 Å². The van der Waals surface area contributed by atoms with Gasteiger partial charge in [-0.25, -0.2) is 10.0 Å². The van der Waals surface area contributed by atoms with Crippen molar-refractivity contribution < 1.29 is 18.8 Å². The summed E-state index contributed by atoms with van der Waals surface area (Å²) in [7, 11) is 1.82. The average Bonchev–Trinajstić information content (AvgIpc) is 3.35. The lowest BCUT2D eigenvalue weighted by molar-refractivity contribution is -0.119. The summed E-state index contributed by atoms with van der Waals surface area (Å²) in [4.78, 5) is 25.8. The molecule has 1 saturated heterocycles. The van der Waals surface area contributed by atoms with E-state index in [1.807, 2.05) is 80.5 Å². The van der Waals surface area contributed by atoms with Crippen molar-refractivity contribution in [2.45, 2.75) is 25.9 Å². The zero-order valence-corrected chi connectivity index (χ0v) is 17.6. The zero-order chi connectivity index (χ0) is 22.0. The minimum absolute atomic E-state index is 0.115. The summed E-state index contributed by atoms with van der Waals surface area (Å²) in [5.74, 6) is 0.547. The van der Waals surface area contributed by atoms with E-state index >= 15 is 0 Å². The van der Waals surface area contributed by atoms with E-state index in [-0.39, 0.29) is 17.6 Å². The van der Waals surface area contributed by atoms with Crippen LogP contribution in [0.1, 0.15) is 24.3 Å². The number of nitrogens with zero attached hydrogens (tertiary/aromatic N) is 3. The molecule has 160 valence electrons. The Morgan fingerprint density at radius 2 is 1.87 bits per heavy atom. The number of carbonyl (C=O) groups is 2. The Labute approximate surface area is 180 Å². The van der Waals surface area contributed by atoms with Crippen LogP contribution < -0.4 is 15.1 Å². The number of likely N-dealkylation sites (N-methyl/N-ethyl adjacent to an activating group) is 1. The molecule has 2 heterocycles. The number of carbonyl (C=O) groups excluding carboxylic acids is 2. The second-order valence-corrected chi connectivity index (χ2v) is 7.28. The first kappa shape index (κ1) is 20.6. The third-order valence-electron chi connectivity index (χ3n) is 5.34. The summed E-state index contributed by atoms with van der Waals surface area (Å²) in [5.41, 5.74) is 1.64. The smallest absolute Gasteiger partial charge is 0.274 e. The van der Waals surface area contributed by atoms with Crippen molar-refractivity contribution in [2.75, 3.05) is 18.7 Å². The number of amides is 2. The molecule has 8 nitrogen and oxygen atoms in total. The highest BCUT2D eigenvalue weighted by Crippen LogP contribution is 2.27. The molecule has 0 aliphatic carbocycles. The predicted octanol–water partition coefficient (Wildman–Crippen LogP) is 3.12. The third-order valence-corrected chi connectivity index (χ3v) is 5.34. The topological polar surface area (TPSA) is 87.9 Å². The SMILES string of the molecule is CCOc1ccc(-c2cc(C(=O)NC3C(=O)N(c4ccccc4)N(C)C3C)no2)cc1. The Kier molecular flexibility index (Phi) is 5.73. The van der Waals surface area contributed by atoms with Crippen LogP contribution >= 0.6 is 0 Å². The molecule has 8 heteroatoms. The van der Waals surface area contributed by atoms with Crippen molar-refractivity contribution in [3.63, 3.8) is 0 Å². The molecule has 0 spiro atoms. The van der Waals surface area contributed by atoms with Crippen molar-refractivity contribution >= 4 is 17.5 Å². The normalized spacial score (nSPS) is 18.9. The van der Waals surface area contributed by atoms with Gasteiger partial charge < -0.3 is 14.6 Å². The summed E-state index contributed by atoms with van der Waals surface area (Å²) < 4.78 is 10.8. The lowest BCUT2D eigenvalue weighted by atomic mass is 10.1. The van der Waals surface area contributed by atoms with Crippen molar-refractivity contribution in [3.05, 3.63) is 66.4 Å². The van der Waals surface area contributed by atoms with Gasteiger partial charge in [-0.1, -0.05) is 23.4 Å². The molecule has 4 rings (SSSR count). The largest absolute Gasteiger partial charge is 0.494 e. The monoisotopic (exact) mass is 420 g/mol. The van der Waals surface area contributed by atoms with Gasteiger partial charge >= 0.3 is 0 Å². The standard InChI is InChI=1S/C23H24N4O4/c1-4-30-18-12-10-16(11-13-18)20-14-19(25-31-20)22(28)24-21-15(2)26(3)27(23(21)29)17-8-6-5-7-9-17/h5-15,21H,4H2,1-3H3,(H,24,28). The van der Waals surface area contributed by atoms with Crippen LogP contribution in [0.2, 0.25) is 0 Å². The van der Waals surface area contributed by atoms with Crippen LogP contribution in [0.15, 0.2) is 65.2 Å². The maximum Gasteiger partial charge on any atom is 0.274 e. The molecule has 1 aliphatic heterocycles. The molecular weight excluding hydrogens is 396 g/mol. The average molecular weight is 420 g/mol. The lowest BCUT2D eigenvalue weighted by Gasteiger charge is -2.26. The van der Waals surface area contributed by atoms with E-state index in [0.717, 1.165) is 17.0 Å². The van der Waals surface area contributed by atoms with Crippen molar-refractivity contribution in [1.82, 2.24) is 15.5 Å². The number of benzene rings is 2. The molecule has 3 aromatic rings. The first-order valence-corrected chi connectivity index (χ1v) is 10.1. The van der Waals surface area contributed by atoms with Gasteiger partial charge in [-0.15, -0.1) is 0 Å². The van der Waals surface area contributed by atoms with Crippen molar-refractivity contribution in [2.24, 2.45) is 0 Å². The summed E-state index contributed by atoms with van der Waals surface area (Å²) in [5, 5.41) is 10.1. The number of nitrogens with one attached hydrogen (secondary N) is 1. The second kappa shape index (κ2) is 8.61. The molecule has 1 aliphatic rings. The molecule has 0 bridgehead atoms. The van der Waals surface area contributed by atoms with Crippen LogP contribution in [0, 0.1) is 0 Å². The first-order chi connectivity index (χ1) is 15.0. The van der Waals surface area contributed by atoms with Gasteiger partial charge in [-0.3, -0.25) is 9.59 Å². The fraction of sp³-hybridized carbons (Fsp3) is 0.261. The number of anilines is 1. The highest BCUT2D eigenvalue weighted by Gasteiger charge is 2.44. The Hall–Kier alpha value is -3.65. The number of hydrazine groups is 1. The van der Waals surface area contributed by atoms with Crippen LogP contribution in [0.4, 0.5) is 5.69 Å². The van der Waals surface area contributed by atoms with Gasteiger partial charge in [0.2, 0.25) is 0 Å². The van der Waals surface area contributed by atoms with Gasteiger partial charge in [-0.2, -0.15) is 0 Å². The molecule has 2 amide bonds. The summed E-state index contributed by atoms with van der Waals surface area (Å²) >= 11 is 0. The van der Waals surface area contributed by atoms with Crippen LogP contribution in [0.25, 0.3) is 11.3 Å². The van der Waals surface area contributed by atoms with Gasteiger partial charge in [0.25, 0.3) is 11.8 Å². The third kappa shape index (κ3) is 4.02. The second-order valence-electron chi connectivity index (χ2n) is 7.28. The fourth-order valence-corrected chi connectivity index (χ4v) is 3.57. The molecule has 0 radical (unpaired) electrons. The van der Waals surface area contributed by atoms with E-state index in [1.54, 1.807) is 11.1 Å². The molecular formula is C23H24N4O4. The van der Waals surface area contributed by atoms with E-state index in [4.69, 9.17) is 9.26 Å². The number of para-hydroxylation sites is 1. The minimum atomic E-state index is -0.705. The van der Waals surface area contributed by atoms with Gasteiger partial charge in [0.05, 0.1) is 18.3 Å². The Bertz CT molecular complexity index is 1060. The summed E-state index contributed by atoms with van der Waals surface area (Å²) in [6.07, 6.45) is 0. The highest BCUT2D eigenvalue weighted by atomic mass is 16.5. The predicted molar refractivity (Wildman–Crippen MR) is 116 cm³/mol. The maximum atomic E-state index is 13.0. The number of hydrogen-bond donors (Lipinski definition) is 1.